The minimum Gasteiger partial charge on any atom is -0.411 e. The third kappa shape index (κ3) is 3.49. The molecule has 0 atom stereocenters. The van der Waals surface area contributed by atoms with Gasteiger partial charge >= 0.3 is 0 Å². The second kappa shape index (κ2) is 7.04. The maximum atomic E-state index is 9.09. The SMILES string of the molecule is CC(CC(=NO)c1ccc(-c2ccc(C#N)cc2)cc1)=NO. The molecule has 0 amide bonds. The Hall–Kier alpha value is -3.13. The van der Waals surface area contributed by atoms with Crippen LogP contribution in [0.1, 0.15) is 24.5 Å². The monoisotopic (exact) mass is 293 g/mol. The first-order valence-corrected chi connectivity index (χ1v) is 6.67. The van der Waals surface area contributed by atoms with Crippen molar-refractivity contribution in [3.8, 4) is 17.2 Å². The zero-order valence-electron chi connectivity index (χ0n) is 12.1. The fraction of sp³-hybridized carbons (Fsp3) is 0.118. The van der Waals surface area contributed by atoms with Gasteiger partial charge in [0.05, 0.1) is 23.1 Å². The van der Waals surface area contributed by atoms with Crippen LogP contribution < -0.4 is 0 Å². The molecule has 2 N–H and O–H groups in total. The van der Waals surface area contributed by atoms with Crippen molar-refractivity contribution >= 4 is 11.4 Å². The van der Waals surface area contributed by atoms with E-state index in [4.69, 9.17) is 15.7 Å². The first-order chi connectivity index (χ1) is 10.7. The summed E-state index contributed by atoms with van der Waals surface area (Å²) in [6.45, 7) is 1.65. The van der Waals surface area contributed by atoms with Gasteiger partial charge in [-0.2, -0.15) is 5.26 Å². The van der Waals surface area contributed by atoms with Crippen LogP contribution in [0.15, 0.2) is 58.8 Å². The summed E-state index contributed by atoms with van der Waals surface area (Å²) in [5.41, 5.74) is 4.27. The molecule has 0 spiro atoms. The topological polar surface area (TPSA) is 89.0 Å². The van der Waals surface area contributed by atoms with E-state index in [0.717, 1.165) is 16.7 Å². The Morgan fingerprint density at radius 3 is 1.95 bits per heavy atom. The minimum absolute atomic E-state index is 0.267. The number of nitriles is 1. The molecule has 22 heavy (non-hydrogen) atoms. The Kier molecular flexibility index (Phi) is 4.89. The fourth-order valence-electron chi connectivity index (χ4n) is 2.07. The van der Waals surface area contributed by atoms with Crippen LogP contribution in [0.25, 0.3) is 11.1 Å². The second-order valence-electron chi connectivity index (χ2n) is 4.83. The van der Waals surface area contributed by atoms with E-state index in [-0.39, 0.29) is 6.42 Å². The maximum absolute atomic E-state index is 9.09. The predicted octanol–water partition coefficient (Wildman–Crippen LogP) is 3.64. The standard InChI is InChI=1S/C17H15N3O2/c1-12(19-21)10-17(20-22)16-8-6-15(7-9-16)14-4-2-13(11-18)3-5-14/h2-9,21-22H,10H2,1H3. The summed E-state index contributed by atoms with van der Waals surface area (Å²) in [7, 11) is 0. The molecule has 2 aromatic carbocycles. The molecular weight excluding hydrogens is 278 g/mol. The Bertz CT molecular complexity index is 739. The van der Waals surface area contributed by atoms with Crippen molar-refractivity contribution in [3.05, 3.63) is 59.7 Å². The van der Waals surface area contributed by atoms with Crippen molar-refractivity contribution in [3.63, 3.8) is 0 Å². The summed E-state index contributed by atoms with van der Waals surface area (Å²) in [5.74, 6) is 0. The zero-order valence-corrected chi connectivity index (χ0v) is 12.1. The van der Waals surface area contributed by atoms with Crippen molar-refractivity contribution in [1.29, 1.82) is 5.26 Å². The van der Waals surface area contributed by atoms with Crippen molar-refractivity contribution in [2.45, 2.75) is 13.3 Å². The van der Waals surface area contributed by atoms with Gasteiger partial charge in [0.15, 0.2) is 0 Å². The normalized spacial score (nSPS) is 12.0. The molecule has 0 aliphatic heterocycles. The molecule has 0 saturated heterocycles. The van der Waals surface area contributed by atoms with E-state index in [0.29, 0.717) is 17.0 Å². The molecule has 110 valence electrons. The lowest BCUT2D eigenvalue weighted by Gasteiger charge is -2.06. The highest BCUT2D eigenvalue weighted by Gasteiger charge is 2.07. The number of oxime groups is 2. The highest BCUT2D eigenvalue weighted by atomic mass is 16.4. The largest absolute Gasteiger partial charge is 0.411 e. The van der Waals surface area contributed by atoms with E-state index in [9.17, 15) is 0 Å². The molecule has 5 nitrogen and oxygen atoms in total. The molecule has 2 rings (SSSR count). The Morgan fingerprint density at radius 2 is 1.50 bits per heavy atom. The molecule has 0 aromatic heterocycles. The van der Waals surface area contributed by atoms with Crippen molar-refractivity contribution in [1.82, 2.24) is 0 Å². The molecule has 2 aromatic rings. The van der Waals surface area contributed by atoms with Crippen LogP contribution in [-0.4, -0.2) is 21.8 Å². The summed E-state index contributed by atoms with van der Waals surface area (Å²) in [6.07, 6.45) is 0.267. The van der Waals surface area contributed by atoms with Crippen molar-refractivity contribution < 1.29 is 10.4 Å². The van der Waals surface area contributed by atoms with Gasteiger partial charge in [-0.05, 0) is 35.7 Å². The lowest BCUT2D eigenvalue weighted by Crippen LogP contribution is -2.07. The van der Waals surface area contributed by atoms with Gasteiger partial charge in [0, 0.05) is 6.42 Å². The number of nitrogens with zero attached hydrogens (tertiary/aromatic N) is 3. The summed E-state index contributed by atoms with van der Waals surface area (Å²) < 4.78 is 0. The van der Waals surface area contributed by atoms with Crippen molar-refractivity contribution in [2.24, 2.45) is 10.3 Å². The van der Waals surface area contributed by atoms with Gasteiger partial charge in [0.2, 0.25) is 0 Å². The molecule has 0 heterocycles. The van der Waals surface area contributed by atoms with Gasteiger partial charge in [-0.1, -0.05) is 46.7 Å². The second-order valence-corrected chi connectivity index (χ2v) is 4.83. The average Bonchev–Trinajstić information content (AvgIpc) is 2.59. The number of hydrogen-bond donors (Lipinski definition) is 2. The molecule has 0 aliphatic rings. The summed E-state index contributed by atoms with van der Waals surface area (Å²) in [4.78, 5) is 0. The molecular formula is C17H15N3O2. The molecule has 0 bridgehead atoms. The quantitative estimate of drug-likeness (QED) is 0.512. The summed E-state index contributed by atoms with van der Waals surface area (Å²) in [6, 6.07) is 16.9. The summed E-state index contributed by atoms with van der Waals surface area (Å²) >= 11 is 0. The van der Waals surface area contributed by atoms with Crippen molar-refractivity contribution in [2.75, 3.05) is 0 Å². The minimum atomic E-state index is 0.267. The zero-order chi connectivity index (χ0) is 15.9. The molecule has 0 aliphatic carbocycles. The van der Waals surface area contributed by atoms with Gasteiger partial charge in [0.1, 0.15) is 0 Å². The van der Waals surface area contributed by atoms with E-state index in [1.54, 1.807) is 19.1 Å². The fourth-order valence-corrected chi connectivity index (χ4v) is 2.07. The van der Waals surface area contributed by atoms with Crippen LogP contribution in [0.3, 0.4) is 0 Å². The van der Waals surface area contributed by atoms with Gasteiger partial charge < -0.3 is 10.4 Å². The molecule has 5 heteroatoms. The molecule has 0 saturated carbocycles. The summed E-state index contributed by atoms with van der Waals surface area (Å²) in [5, 5.41) is 32.9. The van der Waals surface area contributed by atoms with Gasteiger partial charge in [-0.25, -0.2) is 0 Å². The third-order valence-corrected chi connectivity index (χ3v) is 3.28. The van der Waals surface area contributed by atoms with Gasteiger partial charge in [-0.15, -0.1) is 0 Å². The molecule has 0 fully saturated rings. The third-order valence-electron chi connectivity index (χ3n) is 3.28. The first kappa shape index (κ1) is 15.3. The molecule has 0 unspecified atom stereocenters. The van der Waals surface area contributed by atoms with Gasteiger partial charge in [0.25, 0.3) is 0 Å². The van der Waals surface area contributed by atoms with Crippen LogP contribution in [-0.2, 0) is 0 Å². The number of benzene rings is 2. The van der Waals surface area contributed by atoms with E-state index in [1.165, 1.54) is 0 Å². The Balaban J connectivity index is 2.24. The predicted molar refractivity (Wildman–Crippen MR) is 84.4 cm³/mol. The Labute approximate surface area is 128 Å². The maximum Gasteiger partial charge on any atom is 0.0991 e. The number of rotatable bonds is 4. The van der Waals surface area contributed by atoms with E-state index >= 15 is 0 Å². The van der Waals surface area contributed by atoms with Crippen LogP contribution in [0.2, 0.25) is 0 Å². The first-order valence-electron chi connectivity index (χ1n) is 6.67. The smallest absolute Gasteiger partial charge is 0.0991 e. The van der Waals surface area contributed by atoms with Crippen LogP contribution in [0.5, 0.6) is 0 Å². The average molecular weight is 293 g/mol. The molecule has 0 radical (unpaired) electrons. The Morgan fingerprint density at radius 1 is 0.955 bits per heavy atom. The lowest BCUT2D eigenvalue weighted by atomic mass is 9.99. The highest BCUT2D eigenvalue weighted by Crippen LogP contribution is 2.21. The van der Waals surface area contributed by atoms with Crippen LogP contribution >= 0.6 is 0 Å². The highest BCUT2D eigenvalue weighted by molar-refractivity contribution is 6.11. The van der Waals surface area contributed by atoms with Gasteiger partial charge in [-0.3, -0.25) is 0 Å². The van der Waals surface area contributed by atoms with Crippen LogP contribution in [0.4, 0.5) is 0 Å². The van der Waals surface area contributed by atoms with Crippen LogP contribution in [0, 0.1) is 11.3 Å². The van der Waals surface area contributed by atoms with E-state index < -0.39 is 0 Å². The lowest BCUT2D eigenvalue weighted by molar-refractivity contribution is 0.315. The van der Waals surface area contributed by atoms with E-state index in [1.807, 2.05) is 36.4 Å². The number of hydrogen-bond acceptors (Lipinski definition) is 5. The van der Waals surface area contributed by atoms with E-state index in [2.05, 4.69) is 16.4 Å².